The Kier molecular flexibility index (Phi) is 7.24. The van der Waals surface area contributed by atoms with Crippen molar-refractivity contribution >= 4 is 21.8 Å². The zero-order chi connectivity index (χ0) is 22.4. The minimum Gasteiger partial charge on any atom is -0.494 e. The molecule has 0 atom stereocenters. The van der Waals surface area contributed by atoms with E-state index in [9.17, 15) is 22.4 Å². The van der Waals surface area contributed by atoms with Crippen LogP contribution >= 0.6 is 0 Å². The summed E-state index contributed by atoms with van der Waals surface area (Å²) in [6, 6.07) is 11.7. The lowest BCUT2D eigenvalue weighted by molar-refractivity contribution is -0.131. The van der Waals surface area contributed by atoms with Crippen LogP contribution in [0.5, 0.6) is 5.75 Å². The van der Waals surface area contributed by atoms with Gasteiger partial charge in [-0.2, -0.15) is 4.31 Å². The largest absolute Gasteiger partial charge is 0.494 e. The Morgan fingerprint density at radius 2 is 1.68 bits per heavy atom. The van der Waals surface area contributed by atoms with Crippen LogP contribution in [0.3, 0.4) is 0 Å². The number of nitrogens with zero attached hydrogens (tertiary/aromatic N) is 2. The molecule has 166 valence electrons. The molecule has 2 amide bonds. The quantitative estimate of drug-likeness (QED) is 0.691. The number of benzene rings is 2. The molecule has 1 fully saturated rings. The maximum absolute atomic E-state index is 13.6. The molecule has 10 heteroatoms. The summed E-state index contributed by atoms with van der Waals surface area (Å²) in [4.78, 5) is 26.1. The lowest BCUT2D eigenvalue weighted by Crippen LogP contribution is -2.52. The molecule has 3 rings (SSSR count). The average Bonchev–Trinajstić information content (AvgIpc) is 2.78. The second-order valence-corrected chi connectivity index (χ2v) is 8.79. The van der Waals surface area contributed by atoms with Crippen LogP contribution in [0, 0.1) is 5.82 Å². The molecule has 1 aliphatic heterocycles. The highest BCUT2D eigenvalue weighted by Gasteiger charge is 2.30. The molecule has 2 aromatic rings. The van der Waals surface area contributed by atoms with Crippen LogP contribution in [0.2, 0.25) is 0 Å². The molecule has 1 heterocycles. The molecule has 31 heavy (non-hydrogen) atoms. The van der Waals surface area contributed by atoms with Crippen molar-refractivity contribution in [2.24, 2.45) is 0 Å². The van der Waals surface area contributed by atoms with Gasteiger partial charge in [0.2, 0.25) is 15.9 Å². The fourth-order valence-electron chi connectivity index (χ4n) is 3.21. The third-order valence-electron chi connectivity index (χ3n) is 4.88. The van der Waals surface area contributed by atoms with Gasteiger partial charge in [-0.1, -0.05) is 12.1 Å². The molecule has 0 aliphatic carbocycles. The third kappa shape index (κ3) is 5.39. The normalized spacial score (nSPS) is 14.8. The number of piperazine rings is 1. The fourth-order valence-corrected chi connectivity index (χ4v) is 4.63. The highest BCUT2D eigenvalue weighted by Crippen LogP contribution is 2.21. The van der Waals surface area contributed by atoms with Gasteiger partial charge in [0.1, 0.15) is 11.6 Å². The predicted molar refractivity (Wildman–Crippen MR) is 112 cm³/mol. The second kappa shape index (κ2) is 9.88. The first-order valence-electron chi connectivity index (χ1n) is 9.86. The Balaban J connectivity index is 1.53. The van der Waals surface area contributed by atoms with Gasteiger partial charge in [-0.3, -0.25) is 9.59 Å². The summed E-state index contributed by atoms with van der Waals surface area (Å²) < 4.78 is 46.0. The van der Waals surface area contributed by atoms with Crippen LogP contribution < -0.4 is 10.1 Å². The molecular weight excluding hydrogens is 425 g/mol. The van der Waals surface area contributed by atoms with E-state index in [1.54, 1.807) is 12.1 Å². The number of carbonyl (C=O) groups excluding carboxylic acids is 2. The fraction of sp³-hybridized carbons (Fsp3) is 0.333. The molecular formula is C21H24FN3O5S. The molecule has 1 saturated heterocycles. The number of ether oxygens (including phenoxy) is 1. The number of sulfonamides is 1. The lowest BCUT2D eigenvalue weighted by Gasteiger charge is -2.34. The number of hydrogen-bond donors (Lipinski definition) is 1. The minimum atomic E-state index is -3.68. The molecule has 1 N–H and O–H groups in total. The van der Waals surface area contributed by atoms with Gasteiger partial charge in [-0.05, 0) is 43.3 Å². The molecule has 1 aliphatic rings. The number of carbonyl (C=O) groups is 2. The van der Waals surface area contributed by atoms with E-state index >= 15 is 0 Å². The van der Waals surface area contributed by atoms with Gasteiger partial charge in [0.25, 0.3) is 5.91 Å². The maximum atomic E-state index is 13.6. The van der Waals surface area contributed by atoms with E-state index < -0.39 is 21.7 Å². The summed E-state index contributed by atoms with van der Waals surface area (Å²) in [6.07, 6.45) is 0. The van der Waals surface area contributed by atoms with Crippen LogP contribution in [0.1, 0.15) is 17.3 Å². The lowest BCUT2D eigenvalue weighted by atomic mass is 10.2. The minimum absolute atomic E-state index is 0.137. The molecule has 0 unspecified atom stereocenters. The molecule has 8 nitrogen and oxygen atoms in total. The zero-order valence-electron chi connectivity index (χ0n) is 17.1. The Labute approximate surface area is 180 Å². The summed E-state index contributed by atoms with van der Waals surface area (Å²) in [5.41, 5.74) is -0.137. The smallest absolute Gasteiger partial charge is 0.254 e. The Morgan fingerprint density at radius 1 is 1.03 bits per heavy atom. The summed E-state index contributed by atoms with van der Waals surface area (Å²) in [5, 5.41) is 2.41. The first-order chi connectivity index (χ1) is 14.8. The van der Waals surface area contributed by atoms with Crippen LogP contribution in [0.4, 0.5) is 4.39 Å². The van der Waals surface area contributed by atoms with E-state index in [0.717, 1.165) is 0 Å². The van der Waals surface area contributed by atoms with Gasteiger partial charge in [0, 0.05) is 26.2 Å². The van der Waals surface area contributed by atoms with Crippen molar-refractivity contribution in [1.82, 2.24) is 14.5 Å². The van der Waals surface area contributed by atoms with Crippen molar-refractivity contribution in [3.8, 4) is 5.75 Å². The van der Waals surface area contributed by atoms with Crippen molar-refractivity contribution in [3.63, 3.8) is 0 Å². The highest BCUT2D eigenvalue weighted by molar-refractivity contribution is 7.89. The first-order valence-corrected chi connectivity index (χ1v) is 11.3. The summed E-state index contributed by atoms with van der Waals surface area (Å²) in [7, 11) is -3.68. The van der Waals surface area contributed by atoms with E-state index in [1.165, 1.54) is 45.6 Å². The van der Waals surface area contributed by atoms with Crippen LogP contribution in [0.25, 0.3) is 0 Å². The van der Waals surface area contributed by atoms with Gasteiger partial charge in [0.15, 0.2) is 0 Å². The Hall–Kier alpha value is -2.98. The van der Waals surface area contributed by atoms with Gasteiger partial charge in [0.05, 0.1) is 23.6 Å². The average molecular weight is 450 g/mol. The van der Waals surface area contributed by atoms with Gasteiger partial charge >= 0.3 is 0 Å². The number of halogens is 1. The van der Waals surface area contributed by atoms with Crippen molar-refractivity contribution in [3.05, 3.63) is 59.9 Å². The number of hydrogen-bond acceptors (Lipinski definition) is 5. The van der Waals surface area contributed by atoms with Gasteiger partial charge in [-0.25, -0.2) is 12.8 Å². The summed E-state index contributed by atoms with van der Waals surface area (Å²) >= 11 is 0. The third-order valence-corrected chi connectivity index (χ3v) is 6.80. The molecule has 0 spiro atoms. The number of nitrogens with one attached hydrogen (secondary N) is 1. The van der Waals surface area contributed by atoms with Crippen molar-refractivity contribution in [2.45, 2.75) is 11.8 Å². The topological polar surface area (TPSA) is 96.0 Å². The number of amides is 2. The predicted octanol–water partition coefficient (Wildman–Crippen LogP) is 1.49. The van der Waals surface area contributed by atoms with Gasteiger partial charge in [-0.15, -0.1) is 0 Å². The van der Waals surface area contributed by atoms with Gasteiger partial charge < -0.3 is 15.0 Å². The summed E-state index contributed by atoms with van der Waals surface area (Å²) in [6.45, 7) is 2.72. The Bertz CT molecular complexity index is 1040. The van der Waals surface area contributed by atoms with E-state index in [1.807, 2.05) is 6.92 Å². The monoisotopic (exact) mass is 449 g/mol. The zero-order valence-corrected chi connectivity index (χ0v) is 17.9. The van der Waals surface area contributed by atoms with E-state index in [0.29, 0.717) is 12.4 Å². The molecule has 0 radical (unpaired) electrons. The van der Waals surface area contributed by atoms with Crippen LogP contribution in [-0.4, -0.2) is 68.8 Å². The van der Waals surface area contributed by atoms with Crippen LogP contribution in [-0.2, 0) is 14.8 Å². The Morgan fingerprint density at radius 3 is 2.29 bits per heavy atom. The number of rotatable bonds is 7. The molecule has 0 saturated carbocycles. The van der Waals surface area contributed by atoms with Crippen molar-refractivity contribution < 1.29 is 27.1 Å². The van der Waals surface area contributed by atoms with E-state index in [2.05, 4.69) is 5.32 Å². The van der Waals surface area contributed by atoms with Crippen molar-refractivity contribution in [2.75, 3.05) is 39.3 Å². The molecule has 0 aromatic heterocycles. The van der Waals surface area contributed by atoms with E-state index in [-0.39, 0.29) is 49.1 Å². The standard InChI is InChI=1S/C21H24FN3O5S/c1-2-30-16-7-9-17(10-8-16)31(28,29)25-13-11-24(12-14-25)20(26)15-23-21(27)18-5-3-4-6-19(18)22/h3-10H,2,11-15H2,1H3,(H,23,27). The van der Waals surface area contributed by atoms with E-state index in [4.69, 9.17) is 4.74 Å². The molecule has 0 bridgehead atoms. The second-order valence-electron chi connectivity index (χ2n) is 6.85. The molecule has 2 aromatic carbocycles. The summed E-state index contributed by atoms with van der Waals surface area (Å²) in [5.74, 6) is -1.11. The first kappa shape index (κ1) is 22.7. The van der Waals surface area contributed by atoms with Crippen molar-refractivity contribution in [1.29, 1.82) is 0 Å². The highest BCUT2D eigenvalue weighted by atomic mass is 32.2. The SMILES string of the molecule is CCOc1ccc(S(=O)(=O)N2CCN(C(=O)CNC(=O)c3ccccc3F)CC2)cc1. The van der Waals surface area contributed by atoms with Crippen LogP contribution in [0.15, 0.2) is 53.4 Å². The maximum Gasteiger partial charge on any atom is 0.254 e.